The van der Waals surface area contributed by atoms with Crippen molar-refractivity contribution in [2.45, 2.75) is 38.1 Å². The lowest BCUT2D eigenvalue weighted by molar-refractivity contribution is -0.145. The van der Waals surface area contributed by atoms with Crippen molar-refractivity contribution in [3.63, 3.8) is 0 Å². The predicted octanol–water partition coefficient (Wildman–Crippen LogP) is 1.23. The number of aliphatic carboxylic acids is 1. The Morgan fingerprint density at radius 1 is 1.21 bits per heavy atom. The first-order valence-corrected chi connectivity index (χ1v) is 8.39. The number of hydrogen-bond acceptors (Lipinski definition) is 3. The van der Waals surface area contributed by atoms with Gasteiger partial charge in [0.05, 0.1) is 5.92 Å². The predicted molar refractivity (Wildman–Crippen MR) is 87.7 cm³/mol. The molecule has 2 amide bonds. The fourth-order valence-electron chi connectivity index (χ4n) is 3.85. The molecule has 1 aromatic rings. The Hall–Kier alpha value is -2.37. The summed E-state index contributed by atoms with van der Waals surface area (Å²) in [7, 11) is 1.56. The van der Waals surface area contributed by atoms with E-state index >= 15 is 0 Å². The first-order chi connectivity index (χ1) is 11.5. The summed E-state index contributed by atoms with van der Waals surface area (Å²) in [6.45, 7) is 0.152. The molecule has 6 nitrogen and oxygen atoms in total. The van der Waals surface area contributed by atoms with E-state index in [9.17, 15) is 19.5 Å². The van der Waals surface area contributed by atoms with Crippen molar-refractivity contribution in [3.05, 3.63) is 34.9 Å². The number of hydrogen-bond donors (Lipinski definition) is 2. The number of nitrogens with zero attached hydrogens (tertiary/aromatic N) is 1. The van der Waals surface area contributed by atoms with Gasteiger partial charge in [-0.1, -0.05) is 12.1 Å². The SMILES string of the molecule is CNC(=O)[C@H]1CC[C@@H](C(=O)O)N(C(=O)c2cccc3c2CCC3)C1. The number of piperidine rings is 1. The minimum atomic E-state index is -1.01. The number of carbonyl (C=O) groups is 3. The molecule has 3 rings (SSSR count). The van der Waals surface area contributed by atoms with Crippen LogP contribution in [0.5, 0.6) is 0 Å². The lowest BCUT2D eigenvalue weighted by atomic mass is 9.90. The second kappa shape index (κ2) is 6.63. The number of carboxylic acid groups (broad SMARTS) is 1. The van der Waals surface area contributed by atoms with Crippen LogP contribution in [0.2, 0.25) is 0 Å². The first-order valence-electron chi connectivity index (χ1n) is 8.39. The van der Waals surface area contributed by atoms with Gasteiger partial charge in [0.2, 0.25) is 5.91 Å². The molecule has 0 radical (unpaired) electrons. The van der Waals surface area contributed by atoms with E-state index in [1.54, 1.807) is 13.1 Å². The minimum Gasteiger partial charge on any atom is -0.480 e. The fraction of sp³-hybridized carbons (Fsp3) is 0.500. The van der Waals surface area contributed by atoms with Crippen LogP contribution in [0.3, 0.4) is 0 Å². The first kappa shape index (κ1) is 16.5. The van der Waals surface area contributed by atoms with Crippen molar-refractivity contribution in [2.75, 3.05) is 13.6 Å². The quantitative estimate of drug-likeness (QED) is 0.873. The lowest BCUT2D eigenvalue weighted by Crippen LogP contribution is -2.53. The van der Waals surface area contributed by atoms with Crippen molar-refractivity contribution < 1.29 is 19.5 Å². The number of rotatable bonds is 3. The van der Waals surface area contributed by atoms with Gasteiger partial charge < -0.3 is 15.3 Å². The Labute approximate surface area is 140 Å². The van der Waals surface area contributed by atoms with E-state index < -0.39 is 12.0 Å². The minimum absolute atomic E-state index is 0.144. The van der Waals surface area contributed by atoms with Crippen LogP contribution in [0.25, 0.3) is 0 Å². The van der Waals surface area contributed by atoms with Crippen LogP contribution in [0.4, 0.5) is 0 Å². The molecule has 0 aromatic heterocycles. The third-order valence-corrected chi connectivity index (χ3v) is 5.12. The number of nitrogens with one attached hydrogen (secondary N) is 1. The van der Waals surface area contributed by atoms with Gasteiger partial charge in [-0.3, -0.25) is 9.59 Å². The molecule has 2 N–H and O–H groups in total. The molecule has 0 saturated carbocycles. The third-order valence-electron chi connectivity index (χ3n) is 5.12. The van der Waals surface area contributed by atoms with Crippen LogP contribution >= 0.6 is 0 Å². The van der Waals surface area contributed by atoms with Crippen molar-refractivity contribution in [1.29, 1.82) is 0 Å². The molecular formula is C18H22N2O4. The second-order valence-electron chi connectivity index (χ2n) is 6.50. The smallest absolute Gasteiger partial charge is 0.326 e. The van der Waals surface area contributed by atoms with Gasteiger partial charge in [0, 0.05) is 19.2 Å². The van der Waals surface area contributed by atoms with E-state index in [2.05, 4.69) is 5.32 Å². The summed E-state index contributed by atoms with van der Waals surface area (Å²) in [6.07, 6.45) is 3.60. The Kier molecular flexibility index (Phi) is 4.55. The van der Waals surface area contributed by atoms with Gasteiger partial charge in [0.25, 0.3) is 5.91 Å². The normalized spacial score (nSPS) is 22.8. The zero-order valence-electron chi connectivity index (χ0n) is 13.7. The molecule has 0 spiro atoms. The number of amides is 2. The summed E-state index contributed by atoms with van der Waals surface area (Å²) in [5.41, 5.74) is 2.80. The molecule has 0 unspecified atom stereocenters. The van der Waals surface area contributed by atoms with Gasteiger partial charge in [0.1, 0.15) is 6.04 Å². The highest BCUT2D eigenvalue weighted by atomic mass is 16.4. The number of likely N-dealkylation sites (tertiary alicyclic amines) is 1. The molecule has 24 heavy (non-hydrogen) atoms. The molecule has 6 heteroatoms. The van der Waals surface area contributed by atoms with Crippen molar-refractivity contribution >= 4 is 17.8 Å². The number of benzene rings is 1. The van der Waals surface area contributed by atoms with E-state index in [-0.39, 0.29) is 24.3 Å². The van der Waals surface area contributed by atoms with E-state index in [1.165, 1.54) is 10.5 Å². The maximum absolute atomic E-state index is 13.1. The van der Waals surface area contributed by atoms with Crippen molar-refractivity contribution in [2.24, 2.45) is 5.92 Å². The average Bonchev–Trinajstić information content (AvgIpc) is 3.08. The standard InChI is InChI=1S/C18H22N2O4/c1-19-16(21)12-8-9-15(18(23)24)20(10-12)17(22)14-7-3-5-11-4-2-6-13(11)14/h3,5,7,12,15H,2,4,6,8-10H2,1H3,(H,19,21)(H,23,24)/t12-,15-/m0/s1. The molecular weight excluding hydrogens is 308 g/mol. The molecule has 2 atom stereocenters. The molecule has 1 fully saturated rings. The van der Waals surface area contributed by atoms with Crippen LogP contribution in [-0.2, 0) is 22.4 Å². The number of carboxylic acids is 1. The largest absolute Gasteiger partial charge is 0.480 e. The summed E-state index contributed by atoms with van der Waals surface area (Å²) in [6, 6.07) is 4.79. The third kappa shape index (κ3) is 2.88. The van der Waals surface area contributed by atoms with Gasteiger partial charge in [0.15, 0.2) is 0 Å². The van der Waals surface area contributed by atoms with Crippen LogP contribution in [0.15, 0.2) is 18.2 Å². The number of carbonyl (C=O) groups excluding carboxylic acids is 2. The summed E-state index contributed by atoms with van der Waals surface area (Å²) in [5, 5.41) is 12.1. The van der Waals surface area contributed by atoms with Gasteiger partial charge in [-0.25, -0.2) is 4.79 Å². The molecule has 0 bridgehead atoms. The highest BCUT2D eigenvalue weighted by molar-refractivity contribution is 5.99. The zero-order chi connectivity index (χ0) is 17.3. The Bertz CT molecular complexity index is 686. The molecule has 1 aliphatic carbocycles. The Morgan fingerprint density at radius 2 is 2.00 bits per heavy atom. The highest BCUT2D eigenvalue weighted by Crippen LogP contribution is 2.29. The van der Waals surface area contributed by atoms with Gasteiger partial charge in [-0.2, -0.15) is 0 Å². The maximum Gasteiger partial charge on any atom is 0.326 e. The summed E-state index contributed by atoms with van der Waals surface area (Å²) in [4.78, 5) is 38.0. The topological polar surface area (TPSA) is 86.7 Å². The van der Waals surface area contributed by atoms with E-state index in [4.69, 9.17) is 0 Å². The molecule has 1 aliphatic heterocycles. The maximum atomic E-state index is 13.1. The molecule has 128 valence electrons. The summed E-state index contributed by atoms with van der Waals surface area (Å²) < 4.78 is 0. The van der Waals surface area contributed by atoms with Crippen LogP contribution < -0.4 is 5.32 Å². The summed E-state index contributed by atoms with van der Waals surface area (Å²) >= 11 is 0. The fourth-order valence-corrected chi connectivity index (χ4v) is 3.85. The molecule has 1 heterocycles. The van der Waals surface area contributed by atoms with Gasteiger partial charge in [-0.05, 0) is 49.3 Å². The van der Waals surface area contributed by atoms with E-state index in [0.717, 1.165) is 24.8 Å². The van der Waals surface area contributed by atoms with E-state index in [1.807, 2.05) is 12.1 Å². The number of aryl methyl sites for hydroxylation is 1. The van der Waals surface area contributed by atoms with Crippen LogP contribution in [-0.4, -0.2) is 47.4 Å². The van der Waals surface area contributed by atoms with Crippen LogP contribution in [0, 0.1) is 5.92 Å². The molecule has 1 aromatic carbocycles. The average molecular weight is 330 g/mol. The Morgan fingerprint density at radius 3 is 2.71 bits per heavy atom. The number of fused-ring (bicyclic) bond motifs is 1. The van der Waals surface area contributed by atoms with Crippen molar-refractivity contribution in [3.8, 4) is 0 Å². The Balaban J connectivity index is 1.91. The monoisotopic (exact) mass is 330 g/mol. The second-order valence-corrected chi connectivity index (χ2v) is 6.50. The van der Waals surface area contributed by atoms with Gasteiger partial charge in [-0.15, -0.1) is 0 Å². The van der Waals surface area contributed by atoms with Gasteiger partial charge >= 0.3 is 5.97 Å². The van der Waals surface area contributed by atoms with Crippen molar-refractivity contribution in [1.82, 2.24) is 10.2 Å². The summed E-state index contributed by atoms with van der Waals surface area (Å²) in [5.74, 6) is -1.78. The van der Waals surface area contributed by atoms with E-state index in [0.29, 0.717) is 18.4 Å². The molecule has 2 aliphatic rings. The van der Waals surface area contributed by atoms with Crippen LogP contribution in [0.1, 0.15) is 40.7 Å². The lowest BCUT2D eigenvalue weighted by Gasteiger charge is -2.37. The highest BCUT2D eigenvalue weighted by Gasteiger charge is 2.39. The molecule has 1 saturated heterocycles. The zero-order valence-corrected chi connectivity index (χ0v) is 13.7.